The van der Waals surface area contributed by atoms with E-state index in [-0.39, 0.29) is 0 Å². The molecule has 34 heavy (non-hydrogen) atoms. The molecule has 2 aromatic rings. The van der Waals surface area contributed by atoms with Gasteiger partial charge in [0.2, 0.25) is 0 Å². The van der Waals surface area contributed by atoms with Crippen LogP contribution in [0, 0.1) is 0 Å². The SMILES string of the molecule is NCCCC1CN/C=C\NCc2ccc(cc2)CNCCNCCNCc2ccc(cc2)CN1. The molecule has 0 amide bonds. The topological polar surface area (TPSA) is 98.2 Å². The van der Waals surface area contributed by atoms with Crippen LogP contribution in [-0.2, 0) is 26.2 Å². The Kier molecular flexibility index (Phi) is 12.5. The van der Waals surface area contributed by atoms with Gasteiger partial charge in [-0.15, -0.1) is 0 Å². The fourth-order valence-corrected chi connectivity index (χ4v) is 3.90. The van der Waals surface area contributed by atoms with E-state index in [1.807, 2.05) is 12.4 Å². The second kappa shape index (κ2) is 16.2. The minimum absolute atomic E-state index is 0.377. The van der Waals surface area contributed by atoms with Crippen LogP contribution in [0.1, 0.15) is 35.1 Å². The first-order chi connectivity index (χ1) is 16.8. The van der Waals surface area contributed by atoms with Gasteiger partial charge in [0, 0.05) is 77.3 Å². The van der Waals surface area contributed by atoms with Gasteiger partial charge in [-0.3, -0.25) is 0 Å². The molecule has 4 aliphatic rings. The molecule has 0 saturated carbocycles. The monoisotopic (exact) mass is 465 g/mol. The van der Waals surface area contributed by atoms with E-state index in [0.29, 0.717) is 6.04 Å². The van der Waals surface area contributed by atoms with E-state index in [9.17, 15) is 0 Å². The number of hydrogen-bond acceptors (Lipinski definition) is 7. The van der Waals surface area contributed by atoms with Crippen LogP contribution >= 0.6 is 0 Å². The van der Waals surface area contributed by atoms with Crippen molar-refractivity contribution in [2.45, 2.75) is 45.1 Å². The van der Waals surface area contributed by atoms with Crippen molar-refractivity contribution >= 4 is 0 Å². The van der Waals surface area contributed by atoms with Gasteiger partial charge in [-0.05, 0) is 41.6 Å². The van der Waals surface area contributed by atoms with Gasteiger partial charge in [0.25, 0.3) is 0 Å². The molecule has 4 bridgehead atoms. The van der Waals surface area contributed by atoms with E-state index in [4.69, 9.17) is 5.73 Å². The maximum Gasteiger partial charge on any atom is 0.0395 e. The Hall–Kier alpha value is -2.42. The Balaban J connectivity index is 1.53. The van der Waals surface area contributed by atoms with Gasteiger partial charge < -0.3 is 37.6 Å². The number of benzene rings is 2. The van der Waals surface area contributed by atoms with Crippen molar-refractivity contribution in [2.75, 3.05) is 39.3 Å². The van der Waals surface area contributed by atoms with E-state index >= 15 is 0 Å². The van der Waals surface area contributed by atoms with E-state index < -0.39 is 0 Å². The zero-order valence-electron chi connectivity index (χ0n) is 20.4. The lowest BCUT2D eigenvalue weighted by atomic mass is 10.1. The zero-order chi connectivity index (χ0) is 23.7. The summed E-state index contributed by atoms with van der Waals surface area (Å²) in [4.78, 5) is 0. The molecule has 4 aliphatic heterocycles. The molecule has 0 aliphatic carbocycles. The van der Waals surface area contributed by atoms with Crippen LogP contribution in [0.4, 0.5) is 0 Å². The lowest BCUT2D eigenvalue weighted by molar-refractivity contribution is 0.457. The average Bonchev–Trinajstić information content (AvgIpc) is 2.87. The second-order valence-corrected chi connectivity index (χ2v) is 8.87. The van der Waals surface area contributed by atoms with Crippen molar-refractivity contribution in [3.05, 3.63) is 83.2 Å². The average molecular weight is 466 g/mol. The summed E-state index contributed by atoms with van der Waals surface area (Å²) in [6, 6.07) is 18.1. The first kappa shape index (κ1) is 26.2. The number of hydrogen-bond donors (Lipinski definition) is 7. The molecule has 7 nitrogen and oxygen atoms in total. The summed E-state index contributed by atoms with van der Waals surface area (Å²) in [5.41, 5.74) is 11.0. The summed E-state index contributed by atoms with van der Waals surface area (Å²) in [7, 11) is 0. The summed E-state index contributed by atoms with van der Waals surface area (Å²) < 4.78 is 0. The third-order valence-electron chi connectivity index (χ3n) is 6.00. The van der Waals surface area contributed by atoms with Crippen molar-refractivity contribution in [1.29, 1.82) is 0 Å². The fraction of sp³-hybridized carbons (Fsp3) is 0.481. The Morgan fingerprint density at radius 3 is 1.71 bits per heavy atom. The molecule has 0 spiro atoms. The summed E-state index contributed by atoms with van der Waals surface area (Å²) in [6.45, 7) is 8.93. The van der Waals surface area contributed by atoms with Crippen LogP contribution in [0.3, 0.4) is 0 Å². The third kappa shape index (κ3) is 10.7. The van der Waals surface area contributed by atoms with E-state index in [1.165, 1.54) is 22.3 Å². The highest BCUT2D eigenvalue weighted by atomic mass is 15.0. The van der Waals surface area contributed by atoms with Crippen LogP contribution in [0.25, 0.3) is 0 Å². The highest BCUT2D eigenvalue weighted by Gasteiger charge is 2.07. The smallest absolute Gasteiger partial charge is 0.0395 e. The predicted molar refractivity (Wildman–Crippen MR) is 142 cm³/mol. The molecule has 0 aromatic heterocycles. The Morgan fingerprint density at radius 2 is 1.12 bits per heavy atom. The van der Waals surface area contributed by atoms with Gasteiger partial charge in [0.15, 0.2) is 0 Å². The van der Waals surface area contributed by atoms with Gasteiger partial charge in [-0.2, -0.15) is 0 Å². The minimum Gasteiger partial charge on any atom is -0.388 e. The fourth-order valence-electron chi connectivity index (χ4n) is 3.90. The molecule has 0 radical (unpaired) electrons. The number of nitrogens with one attached hydrogen (secondary N) is 6. The van der Waals surface area contributed by atoms with Crippen LogP contribution in [0.2, 0.25) is 0 Å². The third-order valence-corrected chi connectivity index (χ3v) is 6.00. The van der Waals surface area contributed by atoms with E-state index in [2.05, 4.69) is 80.4 Å². The molecule has 2 aromatic carbocycles. The molecule has 0 saturated heterocycles. The molecule has 4 heterocycles. The van der Waals surface area contributed by atoms with Crippen molar-refractivity contribution in [1.82, 2.24) is 31.9 Å². The van der Waals surface area contributed by atoms with Crippen LogP contribution in [-0.4, -0.2) is 45.3 Å². The molecular formula is C27H43N7. The maximum atomic E-state index is 5.75. The van der Waals surface area contributed by atoms with Crippen LogP contribution in [0.15, 0.2) is 60.9 Å². The highest BCUT2D eigenvalue weighted by Crippen LogP contribution is 2.06. The van der Waals surface area contributed by atoms with Crippen molar-refractivity contribution in [2.24, 2.45) is 5.73 Å². The first-order valence-electron chi connectivity index (χ1n) is 12.7. The molecule has 0 fully saturated rings. The molecule has 7 heteroatoms. The van der Waals surface area contributed by atoms with Gasteiger partial charge >= 0.3 is 0 Å². The first-order valence-corrected chi connectivity index (χ1v) is 12.7. The summed E-state index contributed by atoms with van der Waals surface area (Å²) in [6.07, 6.45) is 6.06. The van der Waals surface area contributed by atoms with Gasteiger partial charge in [-0.1, -0.05) is 48.5 Å². The molecular weight excluding hydrogens is 422 g/mol. The highest BCUT2D eigenvalue weighted by molar-refractivity contribution is 5.23. The lowest BCUT2D eigenvalue weighted by Gasteiger charge is -2.19. The summed E-state index contributed by atoms with van der Waals surface area (Å²) in [5, 5.41) is 21.0. The Labute approximate surface area is 205 Å². The van der Waals surface area contributed by atoms with Crippen molar-refractivity contribution in [3.8, 4) is 0 Å². The van der Waals surface area contributed by atoms with Crippen LogP contribution < -0.4 is 37.6 Å². The quantitative estimate of drug-likeness (QED) is 0.369. The van der Waals surface area contributed by atoms with Crippen LogP contribution in [0.5, 0.6) is 0 Å². The summed E-state index contributed by atoms with van der Waals surface area (Å²) in [5.74, 6) is 0. The molecule has 6 rings (SSSR count). The second-order valence-electron chi connectivity index (χ2n) is 8.87. The van der Waals surface area contributed by atoms with Gasteiger partial charge in [-0.25, -0.2) is 0 Å². The predicted octanol–water partition coefficient (Wildman–Crippen LogP) is 1.52. The molecule has 1 atom stereocenters. The van der Waals surface area contributed by atoms with Crippen molar-refractivity contribution < 1.29 is 0 Å². The molecule has 186 valence electrons. The largest absolute Gasteiger partial charge is 0.388 e. The standard InChI is InChI=1S/C27H43N7/c28-11-1-2-27-22-33-17-16-32-20-24-5-3-23(4-6-24)18-30-14-12-29-13-15-31-19-25-7-9-26(10-8-25)21-34-27/h3-10,16-17,27,29-34H,1-2,11-15,18-22,28H2/b17-16-. The van der Waals surface area contributed by atoms with E-state index in [0.717, 1.165) is 78.3 Å². The Morgan fingerprint density at radius 1 is 0.618 bits per heavy atom. The zero-order valence-corrected chi connectivity index (χ0v) is 20.4. The number of nitrogens with two attached hydrogens (primary N) is 1. The normalized spacial score (nSPS) is 20.3. The van der Waals surface area contributed by atoms with Gasteiger partial charge in [0.05, 0.1) is 0 Å². The lowest BCUT2D eigenvalue weighted by Crippen LogP contribution is -2.37. The van der Waals surface area contributed by atoms with Gasteiger partial charge in [0.1, 0.15) is 0 Å². The molecule has 1 unspecified atom stereocenters. The van der Waals surface area contributed by atoms with Crippen molar-refractivity contribution in [3.63, 3.8) is 0 Å². The minimum atomic E-state index is 0.377. The van der Waals surface area contributed by atoms with E-state index in [1.54, 1.807) is 0 Å². The Bertz CT molecular complexity index is 805. The summed E-state index contributed by atoms with van der Waals surface area (Å²) >= 11 is 0. The molecule has 8 N–H and O–H groups in total. The number of rotatable bonds is 3. The maximum absolute atomic E-state index is 5.75.